The largest absolute Gasteiger partial charge is 0.355 e. The number of nitrogens with zero attached hydrogens (tertiary/aromatic N) is 2. The summed E-state index contributed by atoms with van der Waals surface area (Å²) in [7, 11) is 0. The van der Waals surface area contributed by atoms with Crippen LogP contribution in [0.2, 0.25) is 0 Å². The van der Waals surface area contributed by atoms with Gasteiger partial charge in [0, 0.05) is 25.5 Å². The average molecular weight is 283 g/mol. The van der Waals surface area contributed by atoms with Gasteiger partial charge in [0.05, 0.1) is 11.7 Å². The van der Waals surface area contributed by atoms with Crippen molar-refractivity contribution in [3.05, 3.63) is 54.6 Å². The second-order valence-electron chi connectivity index (χ2n) is 5.71. The molecule has 0 atom stereocenters. The molecule has 3 rings (SSSR count). The van der Waals surface area contributed by atoms with Crippen molar-refractivity contribution < 1.29 is 4.79 Å². The molecule has 110 valence electrons. The number of aryl methyl sites for hydroxylation is 1. The van der Waals surface area contributed by atoms with Crippen molar-refractivity contribution in [3.63, 3.8) is 0 Å². The molecule has 0 aliphatic heterocycles. The minimum absolute atomic E-state index is 0.186. The van der Waals surface area contributed by atoms with Crippen molar-refractivity contribution in [1.29, 1.82) is 0 Å². The van der Waals surface area contributed by atoms with Gasteiger partial charge in [-0.2, -0.15) is 0 Å². The van der Waals surface area contributed by atoms with Gasteiger partial charge >= 0.3 is 0 Å². The first-order chi connectivity index (χ1) is 10.3. The van der Waals surface area contributed by atoms with Gasteiger partial charge in [0.25, 0.3) is 0 Å². The summed E-state index contributed by atoms with van der Waals surface area (Å²) in [5, 5.41) is 3.11. The predicted molar refractivity (Wildman–Crippen MR) is 81.8 cm³/mol. The fourth-order valence-electron chi connectivity index (χ4n) is 2.99. The zero-order valence-electron chi connectivity index (χ0n) is 12.2. The van der Waals surface area contributed by atoms with E-state index in [1.807, 2.05) is 29.0 Å². The predicted octanol–water partition coefficient (Wildman–Crippen LogP) is 2.51. The Kier molecular flexibility index (Phi) is 4.04. The van der Waals surface area contributed by atoms with Crippen LogP contribution in [0.5, 0.6) is 0 Å². The van der Waals surface area contributed by atoms with Crippen LogP contribution in [0.15, 0.2) is 49.1 Å². The number of rotatable bonds is 6. The molecular weight excluding hydrogens is 262 g/mol. The lowest BCUT2D eigenvalue weighted by Gasteiger charge is -2.40. The molecule has 1 N–H and O–H groups in total. The fourth-order valence-corrected chi connectivity index (χ4v) is 2.99. The molecule has 1 aliphatic carbocycles. The van der Waals surface area contributed by atoms with Crippen LogP contribution in [0.1, 0.15) is 31.2 Å². The van der Waals surface area contributed by atoms with Gasteiger partial charge in [0.15, 0.2) is 0 Å². The van der Waals surface area contributed by atoms with Gasteiger partial charge in [-0.1, -0.05) is 36.8 Å². The van der Waals surface area contributed by atoms with Gasteiger partial charge < -0.3 is 9.88 Å². The van der Waals surface area contributed by atoms with E-state index < -0.39 is 0 Å². The minimum Gasteiger partial charge on any atom is -0.355 e. The Balaban J connectivity index is 1.54. The first-order valence-corrected chi connectivity index (χ1v) is 7.61. The summed E-state index contributed by atoms with van der Waals surface area (Å²) in [4.78, 5) is 16.6. The maximum absolute atomic E-state index is 12.6. The molecule has 1 aromatic carbocycles. The highest BCUT2D eigenvalue weighted by Gasteiger charge is 2.45. The maximum Gasteiger partial charge on any atom is 0.230 e. The molecule has 0 spiro atoms. The highest BCUT2D eigenvalue weighted by atomic mass is 16.2. The van der Waals surface area contributed by atoms with Crippen molar-refractivity contribution in [2.45, 2.75) is 37.6 Å². The van der Waals surface area contributed by atoms with Gasteiger partial charge in [0.1, 0.15) is 0 Å². The third kappa shape index (κ3) is 2.84. The molecule has 1 saturated carbocycles. The van der Waals surface area contributed by atoms with Crippen molar-refractivity contribution in [1.82, 2.24) is 14.9 Å². The Hall–Kier alpha value is -2.10. The maximum atomic E-state index is 12.6. The molecule has 1 aromatic heterocycles. The van der Waals surface area contributed by atoms with Crippen LogP contribution in [0.25, 0.3) is 0 Å². The molecule has 4 nitrogen and oxygen atoms in total. The summed E-state index contributed by atoms with van der Waals surface area (Å²) >= 11 is 0. The third-order valence-corrected chi connectivity index (χ3v) is 4.41. The Labute approximate surface area is 125 Å². The molecule has 4 heteroatoms. The van der Waals surface area contributed by atoms with E-state index in [0.29, 0.717) is 6.54 Å². The van der Waals surface area contributed by atoms with Gasteiger partial charge in [-0.15, -0.1) is 0 Å². The van der Waals surface area contributed by atoms with E-state index in [2.05, 4.69) is 22.4 Å². The number of imidazole rings is 1. The van der Waals surface area contributed by atoms with Crippen LogP contribution < -0.4 is 5.32 Å². The van der Waals surface area contributed by atoms with Crippen molar-refractivity contribution >= 4 is 5.91 Å². The lowest BCUT2D eigenvalue weighted by atomic mass is 9.64. The molecule has 2 aromatic rings. The number of benzene rings is 1. The third-order valence-electron chi connectivity index (χ3n) is 4.41. The van der Waals surface area contributed by atoms with Gasteiger partial charge in [-0.3, -0.25) is 4.79 Å². The highest BCUT2D eigenvalue weighted by molar-refractivity contribution is 5.89. The lowest BCUT2D eigenvalue weighted by Crippen LogP contribution is -2.49. The summed E-state index contributed by atoms with van der Waals surface area (Å²) in [6, 6.07) is 10.2. The Morgan fingerprint density at radius 3 is 2.71 bits per heavy atom. The number of carbonyl (C=O) groups excluding carboxylic acids is 1. The number of hydrogen-bond acceptors (Lipinski definition) is 2. The quantitative estimate of drug-likeness (QED) is 0.828. The highest BCUT2D eigenvalue weighted by Crippen LogP contribution is 2.43. The number of amides is 1. The van der Waals surface area contributed by atoms with E-state index in [9.17, 15) is 4.79 Å². The van der Waals surface area contributed by atoms with Crippen LogP contribution >= 0.6 is 0 Å². The Bertz CT molecular complexity index is 573. The lowest BCUT2D eigenvalue weighted by molar-refractivity contribution is -0.129. The fraction of sp³-hybridized carbons (Fsp3) is 0.412. The summed E-state index contributed by atoms with van der Waals surface area (Å²) in [5.74, 6) is 0.186. The van der Waals surface area contributed by atoms with E-state index in [0.717, 1.165) is 37.8 Å². The topological polar surface area (TPSA) is 46.9 Å². The Morgan fingerprint density at radius 2 is 2.10 bits per heavy atom. The molecule has 1 heterocycles. The monoisotopic (exact) mass is 283 g/mol. The molecular formula is C17H21N3O. The first kappa shape index (κ1) is 13.9. The Morgan fingerprint density at radius 1 is 1.29 bits per heavy atom. The smallest absolute Gasteiger partial charge is 0.230 e. The van der Waals surface area contributed by atoms with Crippen LogP contribution in [0, 0.1) is 0 Å². The molecule has 0 unspecified atom stereocenters. The SMILES string of the molecule is O=C(NCCCn1ccnc1)C1(c2ccccc2)CCC1. The van der Waals surface area contributed by atoms with Crippen molar-refractivity contribution in [3.8, 4) is 0 Å². The second kappa shape index (κ2) is 6.12. The summed E-state index contributed by atoms with van der Waals surface area (Å²) in [6.45, 7) is 1.60. The number of hydrogen-bond donors (Lipinski definition) is 1. The molecule has 0 radical (unpaired) electrons. The van der Waals surface area contributed by atoms with Gasteiger partial charge in [-0.25, -0.2) is 4.98 Å². The number of aromatic nitrogens is 2. The van der Waals surface area contributed by atoms with Crippen LogP contribution in [-0.2, 0) is 16.8 Å². The molecule has 1 aliphatic rings. The number of nitrogens with one attached hydrogen (secondary N) is 1. The molecule has 1 amide bonds. The van der Waals surface area contributed by atoms with E-state index in [-0.39, 0.29) is 11.3 Å². The summed E-state index contributed by atoms with van der Waals surface area (Å²) in [5.41, 5.74) is 0.874. The molecule has 21 heavy (non-hydrogen) atoms. The molecule has 1 fully saturated rings. The van der Waals surface area contributed by atoms with E-state index in [1.165, 1.54) is 0 Å². The standard InChI is InChI=1S/C17H21N3O/c21-16(19-10-5-12-20-13-11-18-14-20)17(8-4-9-17)15-6-2-1-3-7-15/h1-3,6-7,11,13-14H,4-5,8-10,12H2,(H,19,21). The first-order valence-electron chi connectivity index (χ1n) is 7.61. The average Bonchev–Trinajstić information content (AvgIpc) is 2.97. The van der Waals surface area contributed by atoms with Gasteiger partial charge in [0.2, 0.25) is 5.91 Å². The van der Waals surface area contributed by atoms with Crippen molar-refractivity contribution in [2.75, 3.05) is 6.54 Å². The van der Waals surface area contributed by atoms with Gasteiger partial charge in [-0.05, 0) is 24.8 Å². The molecule has 0 saturated heterocycles. The van der Waals surface area contributed by atoms with Crippen molar-refractivity contribution in [2.24, 2.45) is 0 Å². The van der Waals surface area contributed by atoms with E-state index in [1.54, 1.807) is 12.5 Å². The van der Waals surface area contributed by atoms with E-state index in [4.69, 9.17) is 0 Å². The summed E-state index contributed by atoms with van der Waals surface area (Å²) in [6.07, 6.45) is 9.51. The minimum atomic E-state index is -0.281. The van der Waals surface area contributed by atoms with E-state index >= 15 is 0 Å². The molecule has 0 bridgehead atoms. The summed E-state index contributed by atoms with van der Waals surface area (Å²) < 4.78 is 2.03. The number of carbonyl (C=O) groups is 1. The zero-order chi connectivity index (χ0) is 14.5. The zero-order valence-corrected chi connectivity index (χ0v) is 12.2. The van der Waals surface area contributed by atoms with Crippen LogP contribution in [0.3, 0.4) is 0 Å². The van der Waals surface area contributed by atoms with Crippen LogP contribution in [0.4, 0.5) is 0 Å². The second-order valence-corrected chi connectivity index (χ2v) is 5.71. The van der Waals surface area contributed by atoms with Crippen LogP contribution in [-0.4, -0.2) is 22.0 Å². The normalized spacial score (nSPS) is 16.2.